The number of ether oxygens (including phenoxy) is 1. The average molecular weight is 307 g/mol. The molecule has 3 rings (SSSR count). The molecule has 118 valence electrons. The van der Waals surface area contributed by atoms with Gasteiger partial charge in [0.25, 0.3) is 0 Å². The van der Waals surface area contributed by atoms with Crippen LogP contribution in [0, 0.1) is 11.6 Å². The Hall–Kier alpha value is -1.79. The molecule has 0 unspecified atom stereocenters. The lowest BCUT2D eigenvalue weighted by molar-refractivity contribution is 0.0983. The van der Waals surface area contributed by atoms with E-state index in [1.807, 2.05) is 10.8 Å². The van der Waals surface area contributed by atoms with Crippen LogP contribution in [0.15, 0.2) is 36.9 Å². The number of rotatable bonds is 6. The molecule has 2 heterocycles. The molecule has 0 bridgehead atoms. The van der Waals surface area contributed by atoms with E-state index < -0.39 is 11.6 Å². The minimum absolute atomic E-state index is 0.132. The highest BCUT2D eigenvalue weighted by Crippen LogP contribution is 2.29. The number of benzene rings is 1. The predicted molar refractivity (Wildman–Crippen MR) is 78.3 cm³/mol. The largest absolute Gasteiger partial charge is 0.372 e. The first-order chi connectivity index (χ1) is 10.7. The number of nitrogens with one attached hydrogen (secondary N) is 1. The van der Waals surface area contributed by atoms with Crippen molar-refractivity contribution in [3.8, 4) is 0 Å². The molecule has 0 saturated carbocycles. The molecule has 2 aromatic rings. The Balaban J connectivity index is 1.53. The van der Waals surface area contributed by atoms with Crippen molar-refractivity contribution in [1.82, 2.24) is 14.9 Å². The maximum Gasteiger partial charge on any atom is 0.159 e. The maximum absolute atomic E-state index is 13.4. The van der Waals surface area contributed by atoms with Gasteiger partial charge in [0.1, 0.15) is 0 Å². The third-order valence-electron chi connectivity index (χ3n) is 3.92. The van der Waals surface area contributed by atoms with E-state index in [9.17, 15) is 8.78 Å². The fourth-order valence-electron chi connectivity index (χ4n) is 2.78. The third kappa shape index (κ3) is 3.51. The van der Waals surface area contributed by atoms with Crippen molar-refractivity contribution >= 4 is 0 Å². The van der Waals surface area contributed by atoms with Gasteiger partial charge in [0.2, 0.25) is 0 Å². The topological polar surface area (TPSA) is 39.1 Å². The van der Waals surface area contributed by atoms with Crippen molar-refractivity contribution in [2.45, 2.75) is 31.5 Å². The van der Waals surface area contributed by atoms with Crippen LogP contribution in [0.2, 0.25) is 0 Å². The molecule has 1 N–H and O–H groups in total. The van der Waals surface area contributed by atoms with E-state index in [1.54, 1.807) is 18.6 Å². The summed E-state index contributed by atoms with van der Waals surface area (Å²) in [6.07, 6.45) is 7.11. The Morgan fingerprint density at radius 2 is 2.23 bits per heavy atom. The summed E-state index contributed by atoms with van der Waals surface area (Å²) in [5, 5.41) is 3.45. The fraction of sp³-hybridized carbons (Fsp3) is 0.438. The zero-order chi connectivity index (χ0) is 15.4. The van der Waals surface area contributed by atoms with E-state index in [0.717, 1.165) is 32.0 Å². The Bertz CT molecular complexity index is 603. The van der Waals surface area contributed by atoms with Crippen LogP contribution in [-0.2, 0) is 11.3 Å². The molecule has 2 atom stereocenters. The molecule has 6 heteroatoms. The highest BCUT2D eigenvalue weighted by Gasteiger charge is 2.29. The number of aromatic nitrogens is 2. The van der Waals surface area contributed by atoms with Gasteiger partial charge in [-0.2, -0.15) is 0 Å². The monoisotopic (exact) mass is 307 g/mol. The van der Waals surface area contributed by atoms with Crippen LogP contribution >= 0.6 is 0 Å². The molecule has 4 nitrogen and oxygen atoms in total. The van der Waals surface area contributed by atoms with Gasteiger partial charge in [0.05, 0.1) is 12.4 Å². The summed E-state index contributed by atoms with van der Waals surface area (Å²) in [5.74, 6) is -1.65. The van der Waals surface area contributed by atoms with Gasteiger partial charge in [-0.3, -0.25) is 0 Å². The summed E-state index contributed by atoms with van der Waals surface area (Å²) in [6.45, 7) is 2.37. The number of imidazole rings is 1. The summed E-state index contributed by atoms with van der Waals surface area (Å²) in [5.41, 5.74) is 0.684. The molecule has 0 amide bonds. The zero-order valence-electron chi connectivity index (χ0n) is 12.2. The average Bonchev–Trinajstić information content (AvgIpc) is 3.18. The van der Waals surface area contributed by atoms with Crippen LogP contribution < -0.4 is 5.32 Å². The first kappa shape index (κ1) is 15.1. The molecule has 0 radical (unpaired) electrons. The molecule has 1 aromatic carbocycles. The highest BCUT2D eigenvalue weighted by atomic mass is 19.2. The molecule has 1 aliphatic rings. The molecular formula is C16H19F2N3O. The van der Waals surface area contributed by atoms with Gasteiger partial charge in [-0.25, -0.2) is 13.8 Å². The van der Waals surface area contributed by atoms with Crippen LogP contribution in [0.5, 0.6) is 0 Å². The number of hydrogen-bond acceptors (Lipinski definition) is 3. The van der Waals surface area contributed by atoms with Gasteiger partial charge in [0, 0.05) is 31.6 Å². The first-order valence-electron chi connectivity index (χ1n) is 7.50. The van der Waals surface area contributed by atoms with E-state index in [0.29, 0.717) is 12.2 Å². The summed E-state index contributed by atoms with van der Waals surface area (Å²) in [6, 6.07) is 4.11. The summed E-state index contributed by atoms with van der Waals surface area (Å²) in [4.78, 5) is 4.00. The molecule has 22 heavy (non-hydrogen) atoms. The quantitative estimate of drug-likeness (QED) is 0.834. The van der Waals surface area contributed by atoms with Gasteiger partial charge in [0.15, 0.2) is 11.6 Å². The second kappa shape index (κ2) is 6.98. The highest BCUT2D eigenvalue weighted by molar-refractivity contribution is 5.22. The van der Waals surface area contributed by atoms with Crippen molar-refractivity contribution in [2.75, 3.05) is 13.2 Å². The van der Waals surface area contributed by atoms with Crippen LogP contribution in [0.3, 0.4) is 0 Å². The second-order valence-corrected chi connectivity index (χ2v) is 5.47. The summed E-state index contributed by atoms with van der Waals surface area (Å²) in [7, 11) is 0. The van der Waals surface area contributed by atoms with E-state index in [-0.39, 0.29) is 12.1 Å². The van der Waals surface area contributed by atoms with Crippen molar-refractivity contribution in [3.63, 3.8) is 0 Å². The summed E-state index contributed by atoms with van der Waals surface area (Å²) < 4.78 is 34.1. The number of halogens is 2. The SMILES string of the molecule is Fc1ccc([C@H]2OCC[C@H]2NCCCn2ccnc2)cc1F. The second-order valence-electron chi connectivity index (χ2n) is 5.47. The fourth-order valence-corrected chi connectivity index (χ4v) is 2.78. The Morgan fingerprint density at radius 1 is 1.32 bits per heavy atom. The Morgan fingerprint density at radius 3 is 3.00 bits per heavy atom. The molecular weight excluding hydrogens is 288 g/mol. The molecule has 0 spiro atoms. The lowest BCUT2D eigenvalue weighted by Crippen LogP contribution is -2.33. The smallest absolute Gasteiger partial charge is 0.159 e. The van der Waals surface area contributed by atoms with E-state index in [4.69, 9.17) is 4.74 Å². The van der Waals surface area contributed by atoms with E-state index >= 15 is 0 Å². The Kier molecular flexibility index (Phi) is 4.80. The lowest BCUT2D eigenvalue weighted by Gasteiger charge is -2.20. The van der Waals surface area contributed by atoms with Crippen LogP contribution in [0.4, 0.5) is 8.78 Å². The van der Waals surface area contributed by atoms with E-state index in [2.05, 4.69) is 10.3 Å². The lowest BCUT2D eigenvalue weighted by atomic mass is 10.0. The van der Waals surface area contributed by atoms with Crippen LogP contribution in [0.1, 0.15) is 24.5 Å². The van der Waals surface area contributed by atoms with Crippen molar-refractivity contribution in [3.05, 3.63) is 54.1 Å². The zero-order valence-corrected chi connectivity index (χ0v) is 12.2. The van der Waals surface area contributed by atoms with Gasteiger partial charge >= 0.3 is 0 Å². The van der Waals surface area contributed by atoms with Gasteiger partial charge in [-0.1, -0.05) is 6.07 Å². The predicted octanol–water partition coefficient (Wildman–Crippen LogP) is 2.67. The molecule has 0 aliphatic carbocycles. The van der Waals surface area contributed by atoms with Crippen molar-refractivity contribution < 1.29 is 13.5 Å². The summed E-state index contributed by atoms with van der Waals surface area (Å²) >= 11 is 0. The minimum atomic E-state index is -0.827. The van der Waals surface area contributed by atoms with Crippen LogP contribution in [-0.4, -0.2) is 28.7 Å². The van der Waals surface area contributed by atoms with Crippen LogP contribution in [0.25, 0.3) is 0 Å². The van der Waals surface area contributed by atoms with Crippen molar-refractivity contribution in [1.29, 1.82) is 0 Å². The van der Waals surface area contributed by atoms with Gasteiger partial charge < -0.3 is 14.6 Å². The molecule has 1 aliphatic heterocycles. The molecule has 1 aromatic heterocycles. The first-order valence-corrected chi connectivity index (χ1v) is 7.50. The number of hydrogen-bond donors (Lipinski definition) is 1. The maximum atomic E-state index is 13.4. The third-order valence-corrected chi connectivity index (χ3v) is 3.92. The normalized spacial score (nSPS) is 21.4. The Labute approximate surface area is 128 Å². The number of aryl methyl sites for hydroxylation is 1. The molecule has 1 saturated heterocycles. The molecule has 1 fully saturated rings. The van der Waals surface area contributed by atoms with Gasteiger partial charge in [-0.15, -0.1) is 0 Å². The number of nitrogens with zero attached hydrogens (tertiary/aromatic N) is 2. The minimum Gasteiger partial charge on any atom is -0.372 e. The van der Waals surface area contributed by atoms with E-state index in [1.165, 1.54) is 6.07 Å². The van der Waals surface area contributed by atoms with Crippen molar-refractivity contribution in [2.24, 2.45) is 0 Å². The van der Waals surface area contributed by atoms with Gasteiger partial charge in [-0.05, 0) is 37.1 Å². The standard InChI is InChI=1S/C16H19F2N3O/c17-13-3-2-12(10-14(13)18)16-15(4-9-22-16)20-5-1-7-21-8-6-19-11-21/h2-3,6,8,10-11,15-16,20H,1,4-5,7,9H2/t15-,16-/m1/s1.